The van der Waals surface area contributed by atoms with Crippen molar-refractivity contribution in [2.45, 2.75) is 17.0 Å². The minimum absolute atomic E-state index is 0.555. The largest absolute Gasteiger partial charge is 0.403 e. The summed E-state index contributed by atoms with van der Waals surface area (Å²) in [6.45, 7) is -0.984. The average molecular weight is 303 g/mol. The number of sulfone groups is 1. The normalized spacial score (nSPS) is 13.6. The molecule has 0 aliphatic carbocycles. The first-order valence-electron chi connectivity index (χ1n) is 4.96. The number of alkyl halides is 5. The van der Waals surface area contributed by atoms with Crippen molar-refractivity contribution in [2.75, 3.05) is 12.3 Å². The lowest BCUT2D eigenvalue weighted by Crippen LogP contribution is -2.25. The maximum Gasteiger partial charge on any atom is 0.403 e. The van der Waals surface area contributed by atoms with Crippen LogP contribution in [0.3, 0.4) is 0 Å². The Balaban J connectivity index is 3.06. The van der Waals surface area contributed by atoms with Gasteiger partial charge in [-0.05, 0) is 12.1 Å². The molecular formula is C10H10F5NO2S. The van der Waals surface area contributed by atoms with Crippen LogP contribution in [0.25, 0.3) is 0 Å². The van der Waals surface area contributed by atoms with Gasteiger partial charge in [-0.2, -0.15) is 22.0 Å². The molecule has 0 saturated heterocycles. The fourth-order valence-electron chi connectivity index (χ4n) is 1.32. The summed E-state index contributed by atoms with van der Waals surface area (Å²) in [6.07, 6.45) is -4.89. The van der Waals surface area contributed by atoms with Crippen molar-refractivity contribution in [2.24, 2.45) is 5.73 Å². The summed E-state index contributed by atoms with van der Waals surface area (Å²) in [4.78, 5) is -0.665. The van der Waals surface area contributed by atoms with Gasteiger partial charge in [0, 0.05) is 5.56 Å². The molecule has 3 nitrogen and oxygen atoms in total. The van der Waals surface area contributed by atoms with Crippen molar-refractivity contribution in [1.29, 1.82) is 0 Å². The molecule has 0 radical (unpaired) electrons. The summed E-state index contributed by atoms with van der Waals surface area (Å²) >= 11 is 0. The maximum absolute atomic E-state index is 13.1. The molecule has 0 atom stereocenters. The summed E-state index contributed by atoms with van der Waals surface area (Å²) < 4.78 is 85.1. The van der Waals surface area contributed by atoms with E-state index in [0.29, 0.717) is 12.1 Å². The average Bonchev–Trinajstić information content (AvgIpc) is 2.26. The standard InChI is InChI=1S/C10H10F5NO2S/c11-9(12,5-16)7-1-3-8(4-2-7)19(17,18)6-10(13,14)15/h1-4H,5-6,16H2. The van der Waals surface area contributed by atoms with Gasteiger partial charge >= 0.3 is 6.18 Å². The Morgan fingerprint density at radius 3 is 1.84 bits per heavy atom. The Kier molecular flexibility index (Phi) is 4.20. The fraction of sp³-hybridized carbons (Fsp3) is 0.400. The van der Waals surface area contributed by atoms with Crippen LogP contribution in [0.5, 0.6) is 0 Å². The van der Waals surface area contributed by atoms with Crippen LogP contribution >= 0.6 is 0 Å². The monoisotopic (exact) mass is 303 g/mol. The second kappa shape index (κ2) is 5.04. The van der Waals surface area contributed by atoms with Gasteiger partial charge in [0.05, 0.1) is 11.4 Å². The van der Waals surface area contributed by atoms with E-state index in [1.165, 1.54) is 0 Å². The molecule has 0 bridgehead atoms. The third-order valence-electron chi connectivity index (χ3n) is 2.25. The molecule has 19 heavy (non-hydrogen) atoms. The molecule has 1 rings (SSSR count). The molecule has 0 amide bonds. The number of rotatable bonds is 4. The molecule has 0 heterocycles. The van der Waals surface area contributed by atoms with E-state index in [2.05, 4.69) is 0 Å². The highest BCUT2D eigenvalue weighted by Gasteiger charge is 2.36. The van der Waals surface area contributed by atoms with Gasteiger partial charge in [0.2, 0.25) is 0 Å². The number of hydrogen-bond donors (Lipinski definition) is 1. The van der Waals surface area contributed by atoms with Crippen molar-refractivity contribution in [3.8, 4) is 0 Å². The Labute approximate surface area is 106 Å². The molecule has 0 saturated carbocycles. The van der Waals surface area contributed by atoms with E-state index in [9.17, 15) is 30.4 Å². The Morgan fingerprint density at radius 1 is 1.00 bits per heavy atom. The number of hydrogen-bond acceptors (Lipinski definition) is 3. The van der Waals surface area contributed by atoms with Gasteiger partial charge in [-0.25, -0.2) is 8.42 Å². The maximum atomic E-state index is 13.1. The first kappa shape index (κ1) is 15.8. The fourth-order valence-corrected chi connectivity index (χ4v) is 2.47. The van der Waals surface area contributed by atoms with Gasteiger partial charge in [-0.3, -0.25) is 0 Å². The van der Waals surface area contributed by atoms with Crippen molar-refractivity contribution in [3.05, 3.63) is 29.8 Å². The zero-order valence-electron chi connectivity index (χ0n) is 9.42. The quantitative estimate of drug-likeness (QED) is 0.866. The van der Waals surface area contributed by atoms with Crippen LogP contribution in [0, 0.1) is 0 Å². The molecule has 0 aliphatic rings. The minimum atomic E-state index is -4.89. The molecule has 0 aliphatic heterocycles. The molecule has 0 fully saturated rings. The van der Waals surface area contributed by atoms with E-state index < -0.39 is 44.7 Å². The van der Waals surface area contributed by atoms with Gasteiger partial charge in [0.15, 0.2) is 15.6 Å². The molecule has 9 heteroatoms. The summed E-state index contributed by atoms with van der Waals surface area (Å²) in [6, 6.07) is 2.91. The molecule has 1 aromatic rings. The second-order valence-electron chi connectivity index (χ2n) is 3.81. The first-order valence-corrected chi connectivity index (χ1v) is 6.61. The lowest BCUT2D eigenvalue weighted by atomic mass is 10.1. The molecule has 108 valence electrons. The van der Waals surface area contributed by atoms with E-state index >= 15 is 0 Å². The first-order chi connectivity index (χ1) is 8.48. The summed E-state index contributed by atoms with van der Waals surface area (Å²) in [7, 11) is -4.59. The number of halogens is 5. The zero-order chi connectivity index (χ0) is 14.9. The van der Waals surface area contributed by atoms with E-state index in [-0.39, 0.29) is 0 Å². The zero-order valence-corrected chi connectivity index (χ0v) is 10.2. The van der Waals surface area contributed by atoms with Crippen molar-refractivity contribution < 1.29 is 30.4 Å². The van der Waals surface area contributed by atoms with Gasteiger partial charge in [-0.15, -0.1) is 0 Å². The van der Waals surface area contributed by atoms with Gasteiger partial charge in [0.25, 0.3) is 5.92 Å². The highest BCUT2D eigenvalue weighted by atomic mass is 32.2. The molecular weight excluding hydrogens is 293 g/mol. The van der Waals surface area contributed by atoms with Crippen molar-refractivity contribution in [1.82, 2.24) is 0 Å². The van der Waals surface area contributed by atoms with E-state index in [4.69, 9.17) is 5.73 Å². The summed E-state index contributed by atoms with van der Waals surface area (Å²) in [5.74, 6) is -5.39. The van der Waals surface area contributed by atoms with E-state index in [0.717, 1.165) is 12.1 Å². The minimum Gasteiger partial charge on any atom is -0.325 e. The van der Waals surface area contributed by atoms with Crippen molar-refractivity contribution >= 4 is 9.84 Å². The van der Waals surface area contributed by atoms with Gasteiger partial charge in [0.1, 0.15) is 0 Å². The van der Waals surface area contributed by atoms with Crippen LogP contribution < -0.4 is 5.73 Å². The smallest absolute Gasteiger partial charge is 0.325 e. The molecule has 0 spiro atoms. The van der Waals surface area contributed by atoms with E-state index in [1.807, 2.05) is 0 Å². The Morgan fingerprint density at radius 2 is 1.47 bits per heavy atom. The van der Waals surface area contributed by atoms with E-state index in [1.54, 1.807) is 0 Å². The molecule has 1 aromatic carbocycles. The molecule has 0 unspecified atom stereocenters. The van der Waals surface area contributed by atoms with Crippen molar-refractivity contribution in [3.63, 3.8) is 0 Å². The topological polar surface area (TPSA) is 60.2 Å². The third kappa shape index (κ3) is 4.13. The van der Waals surface area contributed by atoms with Gasteiger partial charge < -0.3 is 5.73 Å². The molecule has 0 aromatic heterocycles. The lowest BCUT2D eigenvalue weighted by molar-refractivity contribution is -0.106. The predicted molar refractivity (Wildman–Crippen MR) is 57.5 cm³/mol. The predicted octanol–water partition coefficient (Wildman–Crippen LogP) is 2.07. The molecule has 2 N–H and O–H groups in total. The summed E-state index contributed by atoms with van der Waals surface area (Å²) in [5, 5.41) is 0. The van der Waals surface area contributed by atoms with Crippen LogP contribution in [0.2, 0.25) is 0 Å². The lowest BCUT2D eigenvalue weighted by Gasteiger charge is -2.14. The van der Waals surface area contributed by atoms with Crippen LogP contribution in [0.15, 0.2) is 29.2 Å². The van der Waals surface area contributed by atoms with Crippen LogP contribution in [-0.2, 0) is 15.8 Å². The third-order valence-corrected chi connectivity index (χ3v) is 3.94. The Hall–Kier alpha value is -1.22. The van der Waals surface area contributed by atoms with Crippen LogP contribution in [0.1, 0.15) is 5.56 Å². The SMILES string of the molecule is NCC(F)(F)c1ccc(S(=O)(=O)CC(F)(F)F)cc1. The number of benzene rings is 1. The second-order valence-corrected chi connectivity index (χ2v) is 5.80. The van der Waals surface area contributed by atoms with Crippen LogP contribution in [0.4, 0.5) is 22.0 Å². The summed E-state index contributed by atoms with van der Waals surface area (Å²) in [5.41, 5.74) is 4.27. The van der Waals surface area contributed by atoms with Gasteiger partial charge in [-0.1, -0.05) is 12.1 Å². The number of nitrogens with two attached hydrogens (primary N) is 1. The Bertz CT molecular complexity index is 536. The van der Waals surface area contributed by atoms with Crippen LogP contribution in [-0.4, -0.2) is 26.9 Å². The highest BCUT2D eigenvalue weighted by Crippen LogP contribution is 2.28. The highest BCUT2D eigenvalue weighted by molar-refractivity contribution is 7.91.